The van der Waals surface area contributed by atoms with Gasteiger partial charge in [-0.25, -0.2) is 17.5 Å². The van der Waals surface area contributed by atoms with Gasteiger partial charge in [-0.1, -0.05) is 12.1 Å². The molecule has 30 heavy (non-hydrogen) atoms. The summed E-state index contributed by atoms with van der Waals surface area (Å²) in [4.78, 5) is 14.3. The molecule has 3 aromatic rings. The molecule has 0 unspecified atom stereocenters. The summed E-state index contributed by atoms with van der Waals surface area (Å²) in [6.07, 6.45) is 1.86. The van der Waals surface area contributed by atoms with Crippen LogP contribution in [0, 0.1) is 17.1 Å². The number of rotatable bonds is 6. The van der Waals surface area contributed by atoms with Crippen LogP contribution in [0.1, 0.15) is 29.0 Å². The third-order valence-electron chi connectivity index (χ3n) is 5.00. The summed E-state index contributed by atoms with van der Waals surface area (Å²) in [5.74, 6) is -1.81. The molecule has 0 aliphatic carbocycles. The molecule has 1 fully saturated rings. The van der Waals surface area contributed by atoms with Crippen LogP contribution in [0.3, 0.4) is 0 Å². The Balaban J connectivity index is 1.54. The molecule has 1 saturated heterocycles. The molecule has 9 heteroatoms. The van der Waals surface area contributed by atoms with Crippen LogP contribution in [0.15, 0.2) is 51.8 Å². The molecular formula is C21H18FN3O4S. The van der Waals surface area contributed by atoms with Gasteiger partial charge in [0.25, 0.3) is 10.0 Å². The molecule has 1 aromatic heterocycles. The number of nitriles is 1. The maximum atomic E-state index is 14.4. The Hall–Kier alpha value is -3.38. The number of carbonyl (C=O) groups is 1. The maximum absolute atomic E-state index is 14.4. The summed E-state index contributed by atoms with van der Waals surface area (Å²) in [7, 11) is -4.14. The van der Waals surface area contributed by atoms with E-state index in [1.54, 1.807) is 18.2 Å². The van der Waals surface area contributed by atoms with E-state index in [0.29, 0.717) is 18.5 Å². The molecular weight excluding hydrogens is 409 g/mol. The van der Waals surface area contributed by atoms with Crippen LogP contribution in [-0.4, -0.2) is 27.4 Å². The second-order valence-electron chi connectivity index (χ2n) is 7.03. The van der Waals surface area contributed by atoms with Crippen molar-refractivity contribution in [1.82, 2.24) is 4.72 Å². The summed E-state index contributed by atoms with van der Waals surface area (Å²) in [6.45, 7) is 1.65. The Kier molecular flexibility index (Phi) is 5.18. The largest absolute Gasteiger partial charge is 0.451 e. The van der Waals surface area contributed by atoms with E-state index >= 15 is 0 Å². The van der Waals surface area contributed by atoms with Crippen LogP contribution in [0.5, 0.6) is 0 Å². The highest BCUT2D eigenvalue weighted by molar-refractivity contribution is 7.90. The van der Waals surface area contributed by atoms with Crippen molar-refractivity contribution in [3.05, 3.63) is 59.6 Å². The van der Waals surface area contributed by atoms with E-state index in [2.05, 4.69) is 0 Å². The quantitative estimate of drug-likeness (QED) is 0.647. The number of anilines is 1. The molecule has 1 aliphatic heterocycles. The number of benzene rings is 2. The Morgan fingerprint density at radius 2 is 1.93 bits per heavy atom. The average molecular weight is 427 g/mol. The molecule has 1 aliphatic rings. The van der Waals surface area contributed by atoms with E-state index in [1.807, 2.05) is 15.7 Å². The number of halogens is 1. The molecule has 4 rings (SSSR count). The summed E-state index contributed by atoms with van der Waals surface area (Å²) < 4.78 is 46.8. The third kappa shape index (κ3) is 3.86. The van der Waals surface area contributed by atoms with Gasteiger partial charge in [-0.3, -0.25) is 4.79 Å². The van der Waals surface area contributed by atoms with Crippen LogP contribution < -0.4 is 9.62 Å². The number of sulfonamides is 1. The smallest absolute Gasteiger partial charge is 0.300 e. The van der Waals surface area contributed by atoms with E-state index in [4.69, 9.17) is 9.68 Å². The topological polar surface area (TPSA) is 103 Å². The summed E-state index contributed by atoms with van der Waals surface area (Å²) in [5, 5.41) is 8.73. The lowest BCUT2D eigenvalue weighted by Crippen LogP contribution is -2.36. The molecule has 0 atom stereocenters. The van der Waals surface area contributed by atoms with E-state index in [1.165, 1.54) is 24.3 Å². The number of fused-ring (bicyclic) bond motifs is 1. The summed E-state index contributed by atoms with van der Waals surface area (Å²) >= 11 is 0. The molecule has 0 spiro atoms. The molecule has 0 bridgehead atoms. The van der Waals surface area contributed by atoms with Crippen molar-refractivity contribution in [1.29, 1.82) is 5.26 Å². The van der Waals surface area contributed by atoms with Gasteiger partial charge in [-0.2, -0.15) is 5.26 Å². The molecule has 1 N–H and O–H groups in total. The van der Waals surface area contributed by atoms with Crippen molar-refractivity contribution >= 4 is 32.6 Å². The minimum Gasteiger partial charge on any atom is -0.451 e. The zero-order chi connectivity index (χ0) is 21.3. The van der Waals surface area contributed by atoms with E-state index in [-0.39, 0.29) is 21.6 Å². The molecule has 7 nitrogen and oxygen atoms in total. The number of aryl methyl sites for hydroxylation is 1. The van der Waals surface area contributed by atoms with Crippen LogP contribution in [0.2, 0.25) is 0 Å². The van der Waals surface area contributed by atoms with Crippen molar-refractivity contribution in [2.24, 2.45) is 0 Å². The van der Waals surface area contributed by atoms with Crippen molar-refractivity contribution in [2.45, 2.75) is 24.2 Å². The van der Waals surface area contributed by atoms with Gasteiger partial charge in [0.1, 0.15) is 11.4 Å². The van der Waals surface area contributed by atoms with Crippen LogP contribution in [0.25, 0.3) is 11.0 Å². The first-order valence-corrected chi connectivity index (χ1v) is 10.9. The Labute approximate surface area is 172 Å². The molecule has 1 amide bonds. The van der Waals surface area contributed by atoms with Gasteiger partial charge in [0, 0.05) is 37.3 Å². The van der Waals surface area contributed by atoms with Gasteiger partial charge in [0.15, 0.2) is 5.76 Å². The van der Waals surface area contributed by atoms with Gasteiger partial charge >= 0.3 is 5.91 Å². The van der Waals surface area contributed by atoms with Crippen molar-refractivity contribution in [3.8, 4) is 6.07 Å². The van der Waals surface area contributed by atoms with E-state index in [9.17, 15) is 17.6 Å². The Morgan fingerprint density at radius 1 is 1.20 bits per heavy atom. The SMILES string of the molecule is N#CCCc1ccc(S(=O)(=O)NC(=O)c2cc3c(F)cc(N4CCC4)cc3o2)cc1. The number of carbonyl (C=O) groups excluding carboxylic acids is 1. The fraction of sp³-hybridized carbons (Fsp3) is 0.238. The van der Waals surface area contributed by atoms with Gasteiger partial charge in [0.05, 0.1) is 16.4 Å². The Morgan fingerprint density at radius 3 is 2.57 bits per heavy atom. The zero-order valence-electron chi connectivity index (χ0n) is 15.9. The highest BCUT2D eigenvalue weighted by Gasteiger charge is 2.23. The van der Waals surface area contributed by atoms with Crippen LogP contribution >= 0.6 is 0 Å². The summed E-state index contributed by atoms with van der Waals surface area (Å²) in [6, 6.07) is 12.1. The predicted octanol–water partition coefficient (Wildman–Crippen LogP) is 3.36. The normalized spacial score (nSPS) is 13.7. The standard InChI is InChI=1S/C21H18FN3O4S/c22-18-11-15(25-9-2-10-25)12-19-17(18)13-20(29-19)21(26)24-30(27,28)16-6-4-14(5-7-16)3-1-8-23/h4-7,11-13H,1-3,9-10H2,(H,24,26). The lowest BCUT2D eigenvalue weighted by atomic mass is 10.1. The van der Waals surface area contributed by atoms with E-state index in [0.717, 1.165) is 25.1 Å². The van der Waals surface area contributed by atoms with Crippen LogP contribution in [-0.2, 0) is 16.4 Å². The number of hydrogen-bond donors (Lipinski definition) is 1. The molecule has 2 aromatic carbocycles. The van der Waals surface area contributed by atoms with Crippen molar-refractivity contribution in [2.75, 3.05) is 18.0 Å². The van der Waals surface area contributed by atoms with Gasteiger partial charge < -0.3 is 9.32 Å². The van der Waals surface area contributed by atoms with Gasteiger partial charge in [-0.05, 0) is 36.6 Å². The Bertz CT molecular complexity index is 1260. The highest BCUT2D eigenvalue weighted by Crippen LogP contribution is 2.30. The minimum atomic E-state index is -4.14. The molecule has 0 saturated carbocycles. The first-order chi connectivity index (χ1) is 14.4. The third-order valence-corrected chi connectivity index (χ3v) is 6.35. The fourth-order valence-corrected chi connectivity index (χ4v) is 4.18. The maximum Gasteiger partial charge on any atom is 0.300 e. The number of furan rings is 1. The number of hydrogen-bond acceptors (Lipinski definition) is 6. The first-order valence-electron chi connectivity index (χ1n) is 9.38. The van der Waals surface area contributed by atoms with Crippen LogP contribution in [0.4, 0.5) is 10.1 Å². The van der Waals surface area contributed by atoms with Gasteiger partial charge in [-0.15, -0.1) is 0 Å². The summed E-state index contributed by atoms with van der Waals surface area (Å²) in [5.41, 5.74) is 1.66. The number of nitrogens with one attached hydrogen (secondary N) is 1. The molecule has 2 heterocycles. The number of amides is 1. The number of nitrogens with zero attached hydrogens (tertiary/aromatic N) is 2. The van der Waals surface area contributed by atoms with Crippen molar-refractivity contribution < 1.29 is 22.0 Å². The molecule has 154 valence electrons. The lowest BCUT2D eigenvalue weighted by Gasteiger charge is -2.33. The molecule has 0 radical (unpaired) electrons. The lowest BCUT2D eigenvalue weighted by molar-refractivity contribution is 0.0956. The highest BCUT2D eigenvalue weighted by atomic mass is 32.2. The van der Waals surface area contributed by atoms with Gasteiger partial charge in [0.2, 0.25) is 0 Å². The van der Waals surface area contributed by atoms with E-state index < -0.39 is 21.7 Å². The predicted molar refractivity (Wildman–Crippen MR) is 108 cm³/mol. The average Bonchev–Trinajstić information content (AvgIpc) is 3.10. The zero-order valence-corrected chi connectivity index (χ0v) is 16.7. The first kappa shape index (κ1) is 19.9. The second-order valence-corrected chi connectivity index (χ2v) is 8.71. The monoisotopic (exact) mass is 427 g/mol. The second kappa shape index (κ2) is 7.80. The van der Waals surface area contributed by atoms with Crippen molar-refractivity contribution in [3.63, 3.8) is 0 Å². The fourth-order valence-electron chi connectivity index (χ4n) is 3.22. The minimum absolute atomic E-state index is 0.0982.